The van der Waals surface area contributed by atoms with E-state index in [1.807, 2.05) is 6.08 Å². The van der Waals surface area contributed by atoms with Crippen LogP contribution < -0.4 is 4.90 Å². The zero-order valence-corrected chi connectivity index (χ0v) is 16.2. The summed E-state index contributed by atoms with van der Waals surface area (Å²) in [5.74, 6) is -0.00671. The molecule has 26 heavy (non-hydrogen) atoms. The van der Waals surface area contributed by atoms with Crippen molar-refractivity contribution in [3.63, 3.8) is 0 Å². The molecule has 5 nitrogen and oxygen atoms in total. The molecule has 138 valence electrons. The lowest BCUT2D eigenvalue weighted by molar-refractivity contribution is -0.123. The van der Waals surface area contributed by atoms with Gasteiger partial charge >= 0.3 is 0 Å². The van der Waals surface area contributed by atoms with Gasteiger partial charge in [0.05, 0.1) is 30.8 Å². The molecule has 3 fully saturated rings. The molecule has 0 aromatic heterocycles. The number of anilines is 1. The highest BCUT2D eigenvalue weighted by atomic mass is 32.2. The summed E-state index contributed by atoms with van der Waals surface area (Å²) in [6.45, 7) is 4.73. The summed E-state index contributed by atoms with van der Waals surface area (Å²) >= 11 is 6.78. The highest BCUT2D eigenvalue weighted by molar-refractivity contribution is 8.26. The van der Waals surface area contributed by atoms with Crippen LogP contribution in [0.3, 0.4) is 0 Å². The van der Waals surface area contributed by atoms with Crippen molar-refractivity contribution in [2.45, 2.75) is 18.9 Å². The van der Waals surface area contributed by atoms with Crippen molar-refractivity contribution < 1.29 is 14.3 Å². The van der Waals surface area contributed by atoms with E-state index in [0.717, 1.165) is 51.3 Å². The van der Waals surface area contributed by atoms with E-state index in [1.54, 1.807) is 4.90 Å². The van der Waals surface area contributed by atoms with Crippen molar-refractivity contribution in [3.8, 4) is 0 Å². The summed E-state index contributed by atoms with van der Waals surface area (Å²) in [6, 6.07) is 8.31. The lowest BCUT2D eigenvalue weighted by Crippen LogP contribution is -2.36. The number of carbonyl (C=O) groups is 1. The third-order valence-corrected chi connectivity index (χ3v) is 6.23. The van der Waals surface area contributed by atoms with E-state index in [4.69, 9.17) is 21.7 Å². The van der Waals surface area contributed by atoms with E-state index in [9.17, 15) is 4.79 Å². The number of amides is 1. The minimum Gasteiger partial charge on any atom is -0.378 e. The first-order valence-corrected chi connectivity index (χ1v) is 10.2. The summed E-state index contributed by atoms with van der Waals surface area (Å²) in [5, 5.41) is 0. The number of carbonyl (C=O) groups excluding carboxylic acids is 1. The Labute approximate surface area is 163 Å². The second-order valence-corrected chi connectivity index (χ2v) is 8.29. The molecule has 0 bridgehead atoms. The summed E-state index contributed by atoms with van der Waals surface area (Å²) in [4.78, 5) is 17.4. The number of morpholine rings is 1. The smallest absolute Gasteiger partial charge is 0.266 e. The minimum atomic E-state index is -0.00671. The van der Waals surface area contributed by atoms with Crippen LogP contribution >= 0.6 is 24.0 Å². The van der Waals surface area contributed by atoms with Crippen LogP contribution in [0.5, 0.6) is 0 Å². The molecule has 0 N–H and O–H groups in total. The highest BCUT2D eigenvalue weighted by Crippen LogP contribution is 2.33. The standard InChI is InChI=1S/C19H22N2O3S2/c22-18-17(26-19(25)21(18)13-16-2-1-9-24-16)12-14-3-5-15(6-4-14)20-7-10-23-11-8-20/h3-6,12,16H,1-2,7-11,13H2. The Hall–Kier alpha value is -1.41. The number of hydrogen-bond acceptors (Lipinski definition) is 6. The molecular formula is C19H22N2O3S2. The van der Waals surface area contributed by atoms with Crippen LogP contribution in [0.25, 0.3) is 6.08 Å². The highest BCUT2D eigenvalue weighted by Gasteiger charge is 2.34. The lowest BCUT2D eigenvalue weighted by Gasteiger charge is -2.28. The van der Waals surface area contributed by atoms with Crippen LogP contribution in [0.4, 0.5) is 5.69 Å². The zero-order chi connectivity index (χ0) is 17.9. The minimum absolute atomic E-state index is 0.00671. The number of thioether (sulfide) groups is 1. The van der Waals surface area contributed by atoms with Crippen LogP contribution in [0, 0.1) is 0 Å². The lowest BCUT2D eigenvalue weighted by atomic mass is 10.1. The average Bonchev–Trinajstić information content (AvgIpc) is 3.27. The molecule has 0 radical (unpaired) electrons. The van der Waals surface area contributed by atoms with Crippen LogP contribution in [0.1, 0.15) is 18.4 Å². The summed E-state index contributed by atoms with van der Waals surface area (Å²) < 4.78 is 11.7. The molecule has 0 aliphatic carbocycles. The van der Waals surface area contributed by atoms with E-state index >= 15 is 0 Å². The molecule has 7 heteroatoms. The Morgan fingerprint density at radius 1 is 1.19 bits per heavy atom. The second-order valence-electron chi connectivity index (χ2n) is 6.62. The van der Waals surface area contributed by atoms with Gasteiger partial charge in [0, 0.05) is 25.4 Å². The Kier molecular flexibility index (Phi) is 5.59. The Morgan fingerprint density at radius 2 is 1.96 bits per heavy atom. The molecule has 4 rings (SSSR count). The first-order valence-electron chi connectivity index (χ1n) is 9.00. The predicted octanol–water partition coefficient (Wildman–Crippen LogP) is 2.90. The van der Waals surface area contributed by atoms with Crippen molar-refractivity contribution in [2.24, 2.45) is 0 Å². The fourth-order valence-corrected chi connectivity index (χ4v) is 4.68. The predicted molar refractivity (Wildman–Crippen MR) is 108 cm³/mol. The van der Waals surface area contributed by atoms with E-state index in [0.29, 0.717) is 15.8 Å². The van der Waals surface area contributed by atoms with Crippen LogP contribution in [-0.4, -0.2) is 60.7 Å². The first kappa shape index (κ1) is 18.0. The van der Waals surface area contributed by atoms with Crippen molar-refractivity contribution in [1.82, 2.24) is 4.90 Å². The van der Waals surface area contributed by atoms with E-state index < -0.39 is 0 Å². The molecule has 1 aromatic rings. The summed E-state index contributed by atoms with van der Waals surface area (Å²) in [6.07, 6.45) is 4.10. The normalized spacial score (nSPS) is 25.5. The number of rotatable bonds is 4. The SMILES string of the molecule is O=C1C(=Cc2ccc(N3CCOCC3)cc2)SC(=S)N1CC1CCCO1. The molecule has 3 heterocycles. The van der Waals surface area contributed by atoms with Gasteiger partial charge in [0.15, 0.2) is 0 Å². The zero-order valence-electron chi connectivity index (χ0n) is 14.6. The van der Waals surface area contributed by atoms with Gasteiger partial charge in [-0.15, -0.1) is 0 Å². The van der Waals surface area contributed by atoms with E-state index in [-0.39, 0.29) is 12.0 Å². The third-order valence-electron chi connectivity index (χ3n) is 4.85. The largest absolute Gasteiger partial charge is 0.378 e. The number of thiocarbonyl (C=S) groups is 1. The molecule has 1 unspecified atom stereocenters. The number of ether oxygens (including phenoxy) is 2. The van der Waals surface area contributed by atoms with Gasteiger partial charge in [0.25, 0.3) is 5.91 Å². The Bertz CT molecular complexity index is 708. The molecule has 3 aliphatic rings. The second kappa shape index (κ2) is 8.08. The summed E-state index contributed by atoms with van der Waals surface area (Å²) in [7, 11) is 0. The van der Waals surface area contributed by atoms with Crippen molar-refractivity contribution >= 4 is 46.0 Å². The first-order chi connectivity index (χ1) is 12.7. The Balaban J connectivity index is 1.44. The maximum Gasteiger partial charge on any atom is 0.266 e. The van der Waals surface area contributed by atoms with E-state index in [1.165, 1.54) is 17.4 Å². The number of nitrogens with zero attached hydrogens (tertiary/aromatic N) is 2. The van der Waals surface area contributed by atoms with Crippen LogP contribution in [0.15, 0.2) is 29.2 Å². The van der Waals surface area contributed by atoms with Gasteiger partial charge in [-0.3, -0.25) is 9.69 Å². The average molecular weight is 391 g/mol. The maximum atomic E-state index is 12.7. The summed E-state index contributed by atoms with van der Waals surface area (Å²) in [5.41, 5.74) is 2.20. The fourth-order valence-electron chi connectivity index (χ4n) is 3.40. The number of benzene rings is 1. The molecule has 1 amide bonds. The van der Waals surface area contributed by atoms with Gasteiger partial charge in [-0.2, -0.15) is 0 Å². The number of hydrogen-bond donors (Lipinski definition) is 0. The third kappa shape index (κ3) is 3.96. The van der Waals surface area contributed by atoms with Gasteiger partial charge in [0.1, 0.15) is 4.32 Å². The van der Waals surface area contributed by atoms with Gasteiger partial charge < -0.3 is 14.4 Å². The van der Waals surface area contributed by atoms with Gasteiger partial charge in [-0.25, -0.2) is 0 Å². The fraction of sp³-hybridized carbons (Fsp3) is 0.474. The van der Waals surface area contributed by atoms with Crippen molar-refractivity contribution in [2.75, 3.05) is 44.4 Å². The maximum absolute atomic E-state index is 12.7. The molecular weight excluding hydrogens is 368 g/mol. The molecule has 0 spiro atoms. The quantitative estimate of drug-likeness (QED) is 0.582. The van der Waals surface area contributed by atoms with E-state index in [2.05, 4.69) is 29.2 Å². The monoisotopic (exact) mass is 390 g/mol. The molecule has 3 saturated heterocycles. The van der Waals surface area contributed by atoms with Gasteiger partial charge in [-0.1, -0.05) is 36.1 Å². The van der Waals surface area contributed by atoms with Gasteiger partial charge in [0.2, 0.25) is 0 Å². The van der Waals surface area contributed by atoms with Crippen molar-refractivity contribution in [1.29, 1.82) is 0 Å². The Morgan fingerprint density at radius 3 is 2.65 bits per heavy atom. The molecule has 0 saturated carbocycles. The van der Waals surface area contributed by atoms with Crippen molar-refractivity contribution in [3.05, 3.63) is 34.7 Å². The molecule has 3 aliphatic heterocycles. The molecule has 1 atom stereocenters. The topological polar surface area (TPSA) is 42.0 Å². The van der Waals surface area contributed by atoms with Gasteiger partial charge in [-0.05, 0) is 36.6 Å². The van der Waals surface area contributed by atoms with Crippen LogP contribution in [-0.2, 0) is 14.3 Å². The van der Waals surface area contributed by atoms with Crippen LogP contribution in [0.2, 0.25) is 0 Å². The molecule has 1 aromatic carbocycles.